The van der Waals surface area contributed by atoms with Gasteiger partial charge in [-0.05, 0) is 12.5 Å². The maximum Gasteiger partial charge on any atom is 0.376 e. The van der Waals surface area contributed by atoms with Crippen molar-refractivity contribution in [3.05, 3.63) is 51.2 Å². The van der Waals surface area contributed by atoms with Crippen LogP contribution in [0.25, 0.3) is 0 Å². The Morgan fingerprint density at radius 1 is 1.24 bits per heavy atom. The molecular formula is C17H19IN2O5. The molecule has 2 rings (SSSR count). The van der Waals surface area contributed by atoms with Gasteiger partial charge >= 0.3 is 11.9 Å². The number of aromatic nitrogens is 1. The number of halogens is 1. The van der Waals surface area contributed by atoms with Crippen LogP contribution in [-0.4, -0.2) is 36.6 Å². The van der Waals surface area contributed by atoms with Crippen molar-refractivity contribution in [3.63, 3.8) is 0 Å². The number of hydrogen-bond donors (Lipinski definition) is 1. The van der Waals surface area contributed by atoms with E-state index in [0.717, 1.165) is 5.56 Å². The molecule has 0 fully saturated rings. The highest BCUT2D eigenvalue weighted by Gasteiger charge is 2.20. The molecule has 1 aromatic heterocycles. The van der Waals surface area contributed by atoms with Crippen molar-refractivity contribution >= 4 is 34.5 Å². The molecule has 1 aromatic carbocycles. The van der Waals surface area contributed by atoms with E-state index in [1.807, 2.05) is 52.9 Å². The number of ether oxygens (including phenoxy) is 2. The van der Waals surface area contributed by atoms with Gasteiger partial charge in [0.05, 0.1) is 18.8 Å². The van der Waals surface area contributed by atoms with Gasteiger partial charge < -0.3 is 19.2 Å². The van der Waals surface area contributed by atoms with Crippen LogP contribution in [0.1, 0.15) is 28.7 Å². The van der Waals surface area contributed by atoms with Gasteiger partial charge in [-0.3, -0.25) is 4.79 Å². The van der Waals surface area contributed by atoms with Crippen LogP contribution in [0.3, 0.4) is 0 Å². The summed E-state index contributed by atoms with van der Waals surface area (Å²) in [6.45, 7) is 2.77. The van der Waals surface area contributed by atoms with Crippen molar-refractivity contribution in [2.24, 2.45) is 0 Å². The van der Waals surface area contributed by atoms with Gasteiger partial charge in [0.15, 0.2) is 0 Å². The topological polar surface area (TPSA) is 90.7 Å². The van der Waals surface area contributed by atoms with Crippen molar-refractivity contribution in [2.75, 3.05) is 19.7 Å². The van der Waals surface area contributed by atoms with Gasteiger partial charge in [-0.15, -0.1) is 0 Å². The van der Waals surface area contributed by atoms with Crippen LogP contribution in [-0.2, 0) is 27.3 Å². The molecule has 2 aromatic rings. The van der Waals surface area contributed by atoms with E-state index in [1.54, 1.807) is 6.92 Å². The van der Waals surface area contributed by atoms with Crippen LogP contribution in [0, 0.1) is 3.90 Å². The highest BCUT2D eigenvalue weighted by molar-refractivity contribution is 14.1. The molecule has 25 heavy (non-hydrogen) atoms. The number of benzene rings is 1. The molecule has 0 saturated carbocycles. The number of hydrogen-bond acceptors (Lipinski definition) is 7. The first-order chi connectivity index (χ1) is 12.1. The van der Waals surface area contributed by atoms with Crippen molar-refractivity contribution in [1.82, 2.24) is 10.3 Å². The smallest absolute Gasteiger partial charge is 0.376 e. The number of oxazole rings is 1. The van der Waals surface area contributed by atoms with E-state index in [1.165, 1.54) is 0 Å². The molecule has 0 radical (unpaired) electrons. The van der Waals surface area contributed by atoms with Gasteiger partial charge in [0.1, 0.15) is 6.61 Å². The third-order valence-corrected chi connectivity index (χ3v) is 3.64. The Kier molecular flexibility index (Phi) is 7.86. The quantitative estimate of drug-likeness (QED) is 0.351. The highest BCUT2D eigenvalue weighted by atomic mass is 127. The van der Waals surface area contributed by atoms with Gasteiger partial charge in [0, 0.05) is 35.6 Å². The lowest BCUT2D eigenvalue weighted by atomic mass is 10.2. The summed E-state index contributed by atoms with van der Waals surface area (Å²) in [5.74, 6) is -0.765. The van der Waals surface area contributed by atoms with Gasteiger partial charge in [0.2, 0.25) is 5.76 Å². The summed E-state index contributed by atoms with van der Waals surface area (Å²) in [4.78, 5) is 27.7. The standard InChI is InChI=1S/C17H19IN2O5/c1-2-23-16(22)15-13(20-17(18)25-15)8-9-19-10-14(21)24-11-12-6-4-3-5-7-12/h3-7,19H,2,8-11H2,1H3. The van der Waals surface area contributed by atoms with E-state index in [2.05, 4.69) is 10.3 Å². The highest BCUT2D eigenvalue weighted by Crippen LogP contribution is 2.14. The van der Waals surface area contributed by atoms with Crippen LogP contribution in [0.15, 0.2) is 34.7 Å². The van der Waals surface area contributed by atoms with Gasteiger partial charge in [-0.1, -0.05) is 30.3 Å². The van der Waals surface area contributed by atoms with Crippen molar-refractivity contribution in [2.45, 2.75) is 20.0 Å². The molecule has 0 aliphatic carbocycles. The van der Waals surface area contributed by atoms with E-state index in [-0.39, 0.29) is 31.5 Å². The molecule has 0 amide bonds. The molecule has 0 unspecified atom stereocenters. The first-order valence-corrected chi connectivity index (χ1v) is 8.90. The van der Waals surface area contributed by atoms with Crippen LogP contribution < -0.4 is 5.32 Å². The van der Waals surface area contributed by atoms with E-state index in [0.29, 0.717) is 22.6 Å². The maximum atomic E-state index is 11.8. The lowest BCUT2D eigenvalue weighted by molar-refractivity contribution is -0.143. The molecule has 8 heteroatoms. The summed E-state index contributed by atoms with van der Waals surface area (Å²) in [6.07, 6.45) is 0.437. The third kappa shape index (κ3) is 6.46. The first-order valence-electron chi connectivity index (χ1n) is 7.82. The largest absolute Gasteiger partial charge is 0.460 e. The Bertz CT molecular complexity index is 702. The zero-order chi connectivity index (χ0) is 18.1. The van der Waals surface area contributed by atoms with E-state index >= 15 is 0 Å². The average molecular weight is 458 g/mol. The van der Waals surface area contributed by atoms with Gasteiger partial charge in [0.25, 0.3) is 3.90 Å². The third-order valence-electron chi connectivity index (χ3n) is 3.18. The minimum atomic E-state index is -0.532. The van der Waals surface area contributed by atoms with Crippen LogP contribution in [0.2, 0.25) is 0 Å². The van der Waals surface area contributed by atoms with Crippen molar-refractivity contribution in [1.29, 1.82) is 0 Å². The van der Waals surface area contributed by atoms with E-state index in [4.69, 9.17) is 13.9 Å². The number of nitrogens with zero attached hydrogens (tertiary/aromatic N) is 1. The second kappa shape index (κ2) is 10.1. The lowest BCUT2D eigenvalue weighted by Gasteiger charge is -2.06. The SMILES string of the molecule is CCOC(=O)c1oc(I)nc1CCNCC(=O)OCc1ccccc1. The van der Waals surface area contributed by atoms with Gasteiger partial charge in [-0.2, -0.15) is 0 Å². The number of nitrogens with one attached hydrogen (secondary N) is 1. The predicted octanol–water partition coefficient (Wildman–Crippen LogP) is 2.33. The fourth-order valence-electron chi connectivity index (χ4n) is 2.03. The number of rotatable bonds is 9. The number of esters is 2. The molecular weight excluding hydrogens is 439 g/mol. The lowest BCUT2D eigenvalue weighted by Crippen LogP contribution is -2.27. The molecule has 0 atom stereocenters. The van der Waals surface area contributed by atoms with Gasteiger partial charge in [-0.25, -0.2) is 9.78 Å². The fraction of sp³-hybridized carbons (Fsp3) is 0.353. The zero-order valence-electron chi connectivity index (χ0n) is 13.8. The molecule has 0 aliphatic rings. The molecule has 1 heterocycles. The molecule has 0 aliphatic heterocycles. The molecule has 0 bridgehead atoms. The molecule has 0 spiro atoms. The summed E-state index contributed by atoms with van der Waals surface area (Å²) >= 11 is 1.90. The van der Waals surface area contributed by atoms with E-state index in [9.17, 15) is 9.59 Å². The Morgan fingerprint density at radius 3 is 2.72 bits per heavy atom. The molecule has 0 saturated heterocycles. The summed E-state index contributed by atoms with van der Waals surface area (Å²) in [6, 6.07) is 9.47. The Labute approximate surface area is 159 Å². The van der Waals surface area contributed by atoms with Crippen molar-refractivity contribution < 1.29 is 23.5 Å². The average Bonchev–Trinajstić information content (AvgIpc) is 2.99. The minimum Gasteiger partial charge on any atom is -0.460 e. The zero-order valence-corrected chi connectivity index (χ0v) is 15.9. The van der Waals surface area contributed by atoms with Crippen molar-refractivity contribution in [3.8, 4) is 0 Å². The summed E-state index contributed by atoms with van der Waals surface area (Å²) in [7, 11) is 0. The second-order valence-corrected chi connectivity index (χ2v) is 5.96. The monoisotopic (exact) mass is 458 g/mol. The molecule has 1 N–H and O–H groups in total. The molecule has 134 valence electrons. The number of carbonyl (C=O) groups is 2. The maximum absolute atomic E-state index is 11.8. The first kappa shape index (κ1) is 19.4. The Morgan fingerprint density at radius 2 is 2.00 bits per heavy atom. The van der Waals surface area contributed by atoms with Crippen LogP contribution in [0.4, 0.5) is 0 Å². The summed E-state index contributed by atoms with van der Waals surface area (Å²) in [5.41, 5.74) is 1.44. The molecule has 7 nitrogen and oxygen atoms in total. The Hall–Kier alpha value is -1.94. The fourth-order valence-corrected chi connectivity index (χ4v) is 2.55. The van der Waals surface area contributed by atoms with Crippen LogP contribution >= 0.6 is 22.6 Å². The summed E-state index contributed by atoms with van der Waals surface area (Å²) in [5, 5.41) is 2.97. The number of carbonyl (C=O) groups excluding carboxylic acids is 2. The Balaban J connectivity index is 1.72. The van der Waals surface area contributed by atoms with Crippen LogP contribution in [0.5, 0.6) is 0 Å². The second-order valence-electron chi connectivity index (χ2n) is 5.04. The minimum absolute atomic E-state index is 0.0799. The normalized spacial score (nSPS) is 10.5. The predicted molar refractivity (Wildman–Crippen MR) is 98.0 cm³/mol. The summed E-state index contributed by atoms with van der Waals surface area (Å²) < 4.78 is 15.7. The van der Waals surface area contributed by atoms with E-state index < -0.39 is 5.97 Å².